The van der Waals surface area contributed by atoms with Gasteiger partial charge >= 0.3 is 5.97 Å². The third kappa shape index (κ3) is 9.47. The van der Waals surface area contributed by atoms with Crippen LogP contribution in [0.25, 0.3) is 22.8 Å². The third-order valence-electron chi connectivity index (χ3n) is 8.48. The number of halogens is 2. The zero-order valence-electron chi connectivity index (χ0n) is 27.7. The van der Waals surface area contributed by atoms with E-state index >= 15 is 0 Å². The van der Waals surface area contributed by atoms with Gasteiger partial charge in [0.2, 0.25) is 5.82 Å². The maximum absolute atomic E-state index is 14.2. The van der Waals surface area contributed by atoms with E-state index in [-0.39, 0.29) is 12.2 Å². The Morgan fingerprint density at radius 1 is 1.04 bits per heavy atom. The first kappa shape index (κ1) is 35.3. The lowest BCUT2D eigenvalue weighted by Gasteiger charge is -2.39. The van der Waals surface area contributed by atoms with Gasteiger partial charge in [-0.1, -0.05) is 79.1 Å². The lowest BCUT2D eigenvalue weighted by atomic mass is 9.73. The van der Waals surface area contributed by atoms with Gasteiger partial charge in [0.15, 0.2) is 0 Å². The highest BCUT2D eigenvalue weighted by Crippen LogP contribution is 2.37. The van der Waals surface area contributed by atoms with Gasteiger partial charge in [0, 0.05) is 28.2 Å². The standard InChI is InChI=1S/C32H33ClFN3O3.C5H13N/c1-21(2)17-24-11-12-25(18-27(24)33)30-35-29(36-40-30)23-9-7-22(8-10-23)20-37-15-13-32(14-16-37,31(38)39)19-26-5-3-4-6-28(26)34;1-5(2,3)6-4/h3-12,18,21H,13-17,19-20H2,1-2H3,(H,38,39);6H,1-4H3. The Morgan fingerprint density at radius 2 is 1.67 bits per heavy atom. The zero-order chi connectivity index (χ0) is 33.5. The number of nitrogens with one attached hydrogen (secondary N) is 1. The molecule has 1 aromatic heterocycles. The number of hydrogen-bond acceptors (Lipinski definition) is 6. The second kappa shape index (κ2) is 15.3. The van der Waals surface area contributed by atoms with Crippen molar-refractivity contribution in [2.24, 2.45) is 11.3 Å². The average molecular weight is 649 g/mol. The zero-order valence-corrected chi connectivity index (χ0v) is 28.5. The maximum Gasteiger partial charge on any atom is 0.310 e. The fourth-order valence-corrected chi connectivity index (χ4v) is 5.63. The van der Waals surface area contributed by atoms with Crippen LogP contribution in [0.2, 0.25) is 5.02 Å². The molecule has 1 aliphatic rings. The van der Waals surface area contributed by atoms with Gasteiger partial charge in [0.05, 0.1) is 5.41 Å². The normalized spacial score (nSPS) is 15.0. The van der Waals surface area contributed by atoms with E-state index in [9.17, 15) is 14.3 Å². The first-order chi connectivity index (χ1) is 21.8. The van der Waals surface area contributed by atoms with Gasteiger partial charge in [0.25, 0.3) is 5.89 Å². The molecule has 5 rings (SSSR count). The number of rotatable bonds is 9. The summed E-state index contributed by atoms with van der Waals surface area (Å²) in [5, 5.41) is 18.0. The summed E-state index contributed by atoms with van der Waals surface area (Å²) in [6.45, 7) is 12.7. The molecule has 0 amide bonds. The van der Waals surface area contributed by atoms with E-state index in [0.29, 0.717) is 66.2 Å². The Hall–Kier alpha value is -3.59. The molecule has 0 atom stereocenters. The molecule has 1 saturated heterocycles. The summed E-state index contributed by atoms with van der Waals surface area (Å²) < 4.78 is 19.8. The number of benzene rings is 3. The Kier molecular flexibility index (Phi) is 11.8. The van der Waals surface area contributed by atoms with Gasteiger partial charge in [-0.3, -0.25) is 9.69 Å². The topological polar surface area (TPSA) is 91.5 Å². The van der Waals surface area contributed by atoms with E-state index in [4.69, 9.17) is 16.1 Å². The van der Waals surface area contributed by atoms with Gasteiger partial charge in [-0.15, -0.1) is 0 Å². The van der Waals surface area contributed by atoms with Gasteiger partial charge in [-0.2, -0.15) is 4.98 Å². The quantitative estimate of drug-likeness (QED) is 0.189. The van der Waals surface area contributed by atoms with Gasteiger partial charge < -0.3 is 14.9 Å². The largest absolute Gasteiger partial charge is 0.481 e. The van der Waals surface area contributed by atoms with Gasteiger partial charge in [0.1, 0.15) is 5.82 Å². The van der Waals surface area contributed by atoms with Crippen molar-refractivity contribution in [2.45, 2.75) is 72.4 Å². The highest BCUT2D eigenvalue weighted by atomic mass is 35.5. The molecule has 0 spiro atoms. The van der Waals surface area contributed by atoms with Crippen molar-refractivity contribution in [3.8, 4) is 22.8 Å². The number of aromatic nitrogens is 2. The Balaban J connectivity index is 0.000000731. The molecule has 7 nitrogen and oxygen atoms in total. The molecule has 1 fully saturated rings. The second-order valence-corrected chi connectivity index (χ2v) is 14.1. The number of carboxylic acids is 1. The number of likely N-dealkylation sites (tertiary alicyclic amines) is 1. The summed E-state index contributed by atoms with van der Waals surface area (Å²) in [6.07, 6.45) is 2.07. The molecule has 0 radical (unpaired) electrons. The summed E-state index contributed by atoms with van der Waals surface area (Å²) in [5.41, 5.74) is 3.64. The summed E-state index contributed by atoms with van der Waals surface area (Å²) in [7, 11) is 1.96. The van der Waals surface area contributed by atoms with Crippen molar-refractivity contribution in [2.75, 3.05) is 20.1 Å². The minimum atomic E-state index is -0.947. The van der Waals surface area contributed by atoms with E-state index < -0.39 is 11.4 Å². The van der Waals surface area contributed by atoms with Crippen molar-refractivity contribution in [1.29, 1.82) is 0 Å². The van der Waals surface area contributed by atoms with Crippen molar-refractivity contribution in [3.63, 3.8) is 0 Å². The maximum atomic E-state index is 14.2. The summed E-state index contributed by atoms with van der Waals surface area (Å²) >= 11 is 6.48. The SMILES string of the molecule is CC(C)Cc1ccc(-c2nc(-c3ccc(CN4CCC(Cc5ccccc5F)(C(=O)O)CC4)cc3)no2)cc1Cl.CNC(C)(C)C. The third-order valence-corrected chi connectivity index (χ3v) is 8.83. The minimum Gasteiger partial charge on any atom is -0.481 e. The van der Waals surface area contributed by atoms with Crippen LogP contribution in [0.15, 0.2) is 71.3 Å². The van der Waals surface area contributed by atoms with Crippen LogP contribution in [0.1, 0.15) is 64.2 Å². The molecule has 2 heterocycles. The molecular formula is C37H46ClFN4O3. The van der Waals surface area contributed by atoms with Crippen LogP contribution in [0.4, 0.5) is 4.39 Å². The second-order valence-electron chi connectivity index (χ2n) is 13.7. The summed E-state index contributed by atoms with van der Waals surface area (Å²) in [6, 6.07) is 20.3. The molecule has 1 aliphatic heterocycles. The molecule has 0 bridgehead atoms. The van der Waals surface area contributed by atoms with Crippen molar-refractivity contribution in [1.82, 2.24) is 20.4 Å². The number of nitrogens with zero attached hydrogens (tertiary/aromatic N) is 3. The van der Waals surface area contributed by atoms with E-state index in [1.165, 1.54) is 6.07 Å². The first-order valence-corrected chi connectivity index (χ1v) is 16.3. The van der Waals surface area contributed by atoms with Gasteiger partial charge in [-0.05, 0) is 107 Å². The Morgan fingerprint density at radius 3 is 2.24 bits per heavy atom. The highest BCUT2D eigenvalue weighted by Gasteiger charge is 2.42. The lowest BCUT2D eigenvalue weighted by molar-refractivity contribution is -0.152. The number of aliphatic carboxylic acids is 1. The molecule has 3 aromatic carbocycles. The molecule has 0 aliphatic carbocycles. The van der Waals surface area contributed by atoms with Crippen LogP contribution < -0.4 is 5.32 Å². The van der Waals surface area contributed by atoms with Crippen molar-refractivity contribution < 1.29 is 18.8 Å². The monoisotopic (exact) mass is 648 g/mol. The number of carbonyl (C=O) groups is 1. The summed E-state index contributed by atoms with van der Waals surface area (Å²) in [5.74, 6) is 0.236. The highest BCUT2D eigenvalue weighted by molar-refractivity contribution is 6.31. The van der Waals surface area contributed by atoms with Gasteiger partial charge in [-0.25, -0.2) is 4.39 Å². The van der Waals surface area contributed by atoms with Crippen LogP contribution in [0.5, 0.6) is 0 Å². The fraction of sp³-hybridized carbons (Fsp3) is 0.432. The van der Waals surface area contributed by atoms with Crippen LogP contribution in [-0.4, -0.2) is 51.8 Å². The molecule has 2 N–H and O–H groups in total. The van der Waals surface area contributed by atoms with Crippen LogP contribution >= 0.6 is 11.6 Å². The number of carboxylic acid groups (broad SMARTS) is 1. The summed E-state index contributed by atoms with van der Waals surface area (Å²) in [4.78, 5) is 19.0. The molecule has 46 heavy (non-hydrogen) atoms. The molecule has 9 heteroatoms. The van der Waals surface area contributed by atoms with E-state index in [2.05, 4.69) is 55.0 Å². The van der Waals surface area contributed by atoms with Crippen molar-refractivity contribution in [3.05, 3.63) is 94.3 Å². The molecule has 246 valence electrons. The smallest absolute Gasteiger partial charge is 0.310 e. The van der Waals surface area contributed by atoms with Crippen LogP contribution in [0, 0.1) is 17.2 Å². The predicted molar refractivity (Wildman–Crippen MR) is 182 cm³/mol. The molecule has 4 aromatic rings. The van der Waals surface area contributed by atoms with Crippen molar-refractivity contribution >= 4 is 17.6 Å². The van der Waals surface area contributed by atoms with Crippen LogP contribution in [-0.2, 0) is 24.2 Å². The average Bonchev–Trinajstić information content (AvgIpc) is 3.51. The Labute approximate surface area is 277 Å². The predicted octanol–water partition coefficient (Wildman–Crippen LogP) is 8.31. The first-order valence-electron chi connectivity index (χ1n) is 15.9. The Bertz CT molecular complexity index is 1590. The molecule has 0 saturated carbocycles. The number of piperidine rings is 1. The van der Waals surface area contributed by atoms with E-state index in [0.717, 1.165) is 28.7 Å². The fourth-order valence-electron chi connectivity index (χ4n) is 5.37. The minimum absolute atomic E-state index is 0.207. The van der Waals surface area contributed by atoms with E-state index in [1.807, 2.05) is 49.5 Å². The number of hydrogen-bond donors (Lipinski definition) is 2. The lowest BCUT2D eigenvalue weighted by Crippen LogP contribution is -2.45. The van der Waals surface area contributed by atoms with E-state index in [1.54, 1.807) is 18.2 Å². The van der Waals surface area contributed by atoms with Crippen LogP contribution in [0.3, 0.4) is 0 Å². The molecule has 0 unspecified atom stereocenters. The molecular weight excluding hydrogens is 603 g/mol.